The van der Waals surface area contributed by atoms with Crippen LogP contribution in [0, 0.1) is 12.7 Å². The second kappa shape index (κ2) is 9.06. The van der Waals surface area contributed by atoms with Crippen molar-refractivity contribution in [2.75, 3.05) is 5.32 Å². The number of rotatable bonds is 7. The first-order valence-electron chi connectivity index (χ1n) is 10.3. The number of carbonyl (C=O) groups excluding carboxylic acids is 2. The molecule has 162 valence electrons. The van der Waals surface area contributed by atoms with Gasteiger partial charge in [0.25, 0.3) is 5.91 Å². The first kappa shape index (κ1) is 21.3. The predicted octanol–water partition coefficient (Wildman–Crippen LogP) is 5.91. The van der Waals surface area contributed by atoms with E-state index in [2.05, 4.69) is 5.32 Å². The van der Waals surface area contributed by atoms with Crippen molar-refractivity contribution in [3.8, 4) is 5.75 Å². The number of halogens is 1. The summed E-state index contributed by atoms with van der Waals surface area (Å²) in [6, 6.07) is 19.7. The third kappa shape index (κ3) is 4.39. The molecule has 5 nitrogen and oxygen atoms in total. The van der Waals surface area contributed by atoms with Crippen LogP contribution in [0.2, 0.25) is 0 Å². The maximum atomic E-state index is 13.2. The third-order valence-electron chi connectivity index (χ3n) is 5.12. The zero-order valence-electron chi connectivity index (χ0n) is 17.7. The van der Waals surface area contributed by atoms with Crippen molar-refractivity contribution in [3.05, 3.63) is 95.5 Å². The maximum absolute atomic E-state index is 13.2. The molecule has 0 aliphatic rings. The van der Waals surface area contributed by atoms with Crippen molar-refractivity contribution in [1.29, 1.82) is 0 Å². The number of aryl methyl sites for hydroxylation is 1. The van der Waals surface area contributed by atoms with Gasteiger partial charge in [0, 0.05) is 10.9 Å². The van der Waals surface area contributed by atoms with E-state index in [0.717, 1.165) is 5.56 Å². The zero-order valence-corrected chi connectivity index (χ0v) is 17.7. The number of para-hydroxylation sites is 1. The highest BCUT2D eigenvalue weighted by Gasteiger charge is 2.26. The highest BCUT2D eigenvalue weighted by atomic mass is 19.1. The van der Waals surface area contributed by atoms with Crippen LogP contribution in [0.1, 0.15) is 35.0 Å². The summed E-state index contributed by atoms with van der Waals surface area (Å²) in [4.78, 5) is 26.2. The monoisotopic (exact) mass is 431 g/mol. The summed E-state index contributed by atoms with van der Waals surface area (Å²) in [5.74, 6) is -0.717. The summed E-state index contributed by atoms with van der Waals surface area (Å²) in [7, 11) is 0. The van der Waals surface area contributed by atoms with E-state index < -0.39 is 12.0 Å². The summed E-state index contributed by atoms with van der Waals surface area (Å²) in [5, 5.41) is 3.44. The quantitative estimate of drug-likeness (QED) is 0.370. The highest BCUT2D eigenvalue weighted by Crippen LogP contribution is 2.33. The minimum atomic E-state index is -0.837. The van der Waals surface area contributed by atoms with Crippen LogP contribution in [0.5, 0.6) is 5.75 Å². The van der Waals surface area contributed by atoms with Crippen LogP contribution in [0.25, 0.3) is 11.0 Å². The van der Waals surface area contributed by atoms with Crippen LogP contribution < -0.4 is 10.1 Å². The molecule has 0 unspecified atom stereocenters. The van der Waals surface area contributed by atoms with Crippen molar-refractivity contribution in [2.24, 2.45) is 0 Å². The van der Waals surface area contributed by atoms with E-state index >= 15 is 0 Å². The average Bonchev–Trinajstić information content (AvgIpc) is 3.17. The number of benzene rings is 3. The molecular weight excluding hydrogens is 409 g/mol. The van der Waals surface area contributed by atoms with Gasteiger partial charge in [0.15, 0.2) is 11.9 Å². The summed E-state index contributed by atoms with van der Waals surface area (Å²) in [6.07, 6.45) is -0.461. The minimum Gasteiger partial charge on any atom is -0.481 e. The molecule has 6 heteroatoms. The van der Waals surface area contributed by atoms with Crippen molar-refractivity contribution < 1.29 is 23.1 Å². The summed E-state index contributed by atoms with van der Waals surface area (Å²) in [6.45, 7) is 3.74. The van der Waals surface area contributed by atoms with Crippen LogP contribution in [-0.2, 0) is 4.79 Å². The van der Waals surface area contributed by atoms with Crippen molar-refractivity contribution >= 4 is 28.3 Å². The van der Waals surface area contributed by atoms with Gasteiger partial charge in [-0.3, -0.25) is 9.59 Å². The van der Waals surface area contributed by atoms with Gasteiger partial charge in [-0.05, 0) is 49.7 Å². The largest absolute Gasteiger partial charge is 0.481 e. The molecule has 1 aromatic heterocycles. The Labute approximate surface area is 184 Å². The lowest BCUT2D eigenvalue weighted by Gasteiger charge is -2.17. The molecule has 0 spiro atoms. The topological polar surface area (TPSA) is 68.5 Å². The summed E-state index contributed by atoms with van der Waals surface area (Å²) in [5.41, 5.74) is 2.28. The molecule has 0 aliphatic carbocycles. The van der Waals surface area contributed by atoms with E-state index in [9.17, 15) is 14.0 Å². The molecular formula is C26H22FNO4. The molecule has 0 saturated heterocycles. The van der Waals surface area contributed by atoms with Gasteiger partial charge in [-0.15, -0.1) is 0 Å². The van der Waals surface area contributed by atoms with Crippen molar-refractivity contribution in [1.82, 2.24) is 0 Å². The molecule has 0 aliphatic heterocycles. The fourth-order valence-corrected chi connectivity index (χ4v) is 3.37. The normalized spacial score (nSPS) is 11.8. The third-order valence-corrected chi connectivity index (χ3v) is 5.12. The first-order chi connectivity index (χ1) is 15.5. The Morgan fingerprint density at radius 2 is 1.69 bits per heavy atom. The maximum Gasteiger partial charge on any atom is 0.265 e. The number of amides is 1. The van der Waals surface area contributed by atoms with Crippen LogP contribution in [0.4, 0.5) is 10.1 Å². The van der Waals surface area contributed by atoms with Crippen LogP contribution in [0.15, 0.2) is 77.2 Å². The number of hydrogen-bond donors (Lipinski definition) is 1. The molecule has 1 N–H and O–H groups in total. The molecule has 3 aromatic carbocycles. The van der Waals surface area contributed by atoms with Gasteiger partial charge >= 0.3 is 0 Å². The Morgan fingerprint density at radius 3 is 2.38 bits per heavy atom. The Kier molecular flexibility index (Phi) is 6.03. The van der Waals surface area contributed by atoms with Gasteiger partial charge in [0.05, 0.1) is 5.69 Å². The van der Waals surface area contributed by atoms with E-state index in [4.69, 9.17) is 9.15 Å². The van der Waals surface area contributed by atoms with E-state index in [1.165, 1.54) is 24.3 Å². The SMILES string of the molecule is CC[C@@H](Oc1ccc(F)cc1)C(=O)Nc1c(C(=O)c2ccc(C)cc2)oc2ccccc12. The number of carbonyl (C=O) groups is 2. The second-order valence-corrected chi connectivity index (χ2v) is 7.46. The Balaban J connectivity index is 1.65. The van der Waals surface area contributed by atoms with E-state index in [0.29, 0.717) is 34.4 Å². The number of furan rings is 1. The summed E-state index contributed by atoms with van der Waals surface area (Å²) >= 11 is 0. The summed E-state index contributed by atoms with van der Waals surface area (Å²) < 4.78 is 24.8. The second-order valence-electron chi connectivity index (χ2n) is 7.46. The van der Waals surface area contributed by atoms with Crippen molar-refractivity contribution in [2.45, 2.75) is 26.4 Å². The first-order valence-corrected chi connectivity index (χ1v) is 10.3. The predicted molar refractivity (Wildman–Crippen MR) is 121 cm³/mol. The van der Waals surface area contributed by atoms with Crippen LogP contribution in [0.3, 0.4) is 0 Å². The van der Waals surface area contributed by atoms with E-state index in [1.54, 1.807) is 43.3 Å². The van der Waals surface area contributed by atoms with Gasteiger partial charge in [0.1, 0.15) is 17.1 Å². The highest BCUT2D eigenvalue weighted by molar-refractivity contribution is 6.17. The lowest BCUT2D eigenvalue weighted by molar-refractivity contribution is -0.122. The van der Waals surface area contributed by atoms with Crippen LogP contribution in [-0.4, -0.2) is 17.8 Å². The smallest absolute Gasteiger partial charge is 0.265 e. The lowest BCUT2D eigenvalue weighted by Crippen LogP contribution is -2.32. The van der Waals surface area contributed by atoms with Gasteiger partial charge in [-0.2, -0.15) is 0 Å². The molecule has 0 fully saturated rings. The average molecular weight is 431 g/mol. The Morgan fingerprint density at radius 1 is 1.00 bits per heavy atom. The molecule has 1 amide bonds. The minimum absolute atomic E-state index is 0.0556. The fourth-order valence-electron chi connectivity index (χ4n) is 3.37. The standard InChI is InChI=1S/C26H22FNO4/c1-3-21(31-19-14-12-18(27)13-15-19)26(30)28-23-20-6-4-5-7-22(20)32-25(23)24(29)17-10-8-16(2)9-11-17/h4-15,21H,3H2,1-2H3,(H,28,30)/t21-/m1/s1. The molecule has 32 heavy (non-hydrogen) atoms. The molecule has 1 heterocycles. The van der Waals surface area contributed by atoms with E-state index in [-0.39, 0.29) is 17.4 Å². The van der Waals surface area contributed by atoms with Gasteiger partial charge < -0.3 is 14.5 Å². The van der Waals surface area contributed by atoms with E-state index in [1.807, 2.05) is 19.1 Å². The number of fused-ring (bicyclic) bond motifs is 1. The Bertz CT molecular complexity index is 1260. The van der Waals surface area contributed by atoms with Gasteiger partial charge in [-0.25, -0.2) is 4.39 Å². The number of nitrogens with one attached hydrogen (secondary N) is 1. The molecule has 4 rings (SSSR count). The number of ether oxygens (including phenoxy) is 1. The number of ketones is 1. The molecule has 0 bridgehead atoms. The van der Waals surface area contributed by atoms with Crippen molar-refractivity contribution in [3.63, 3.8) is 0 Å². The number of anilines is 1. The zero-order chi connectivity index (χ0) is 22.7. The molecule has 1 atom stereocenters. The lowest BCUT2D eigenvalue weighted by atomic mass is 10.1. The molecule has 0 radical (unpaired) electrons. The van der Waals surface area contributed by atoms with Crippen LogP contribution >= 0.6 is 0 Å². The fraction of sp³-hybridized carbons (Fsp3) is 0.154. The molecule has 0 saturated carbocycles. The van der Waals surface area contributed by atoms with Gasteiger partial charge in [-0.1, -0.05) is 48.9 Å². The molecule has 4 aromatic rings. The number of hydrogen-bond acceptors (Lipinski definition) is 4. The Hall–Kier alpha value is -3.93. The van der Waals surface area contributed by atoms with Gasteiger partial charge in [0.2, 0.25) is 5.78 Å².